The number of amides is 3. The number of rotatable bonds is 6. The molecule has 2 N–H and O–H groups in total. The van der Waals surface area contributed by atoms with Gasteiger partial charge in [0, 0.05) is 13.5 Å². The highest BCUT2D eigenvalue weighted by atomic mass is 32.1. The van der Waals surface area contributed by atoms with Gasteiger partial charge in [0.1, 0.15) is 12.1 Å². The zero-order chi connectivity index (χ0) is 25.0. The van der Waals surface area contributed by atoms with Crippen molar-refractivity contribution in [1.82, 2.24) is 20.5 Å². The van der Waals surface area contributed by atoms with E-state index in [4.69, 9.17) is 4.74 Å². The number of hydrogen-bond donors (Lipinski definition) is 2. The first-order chi connectivity index (χ1) is 16.0. The molecular formula is C25H34N4O4S. The Morgan fingerprint density at radius 3 is 2.41 bits per heavy atom. The molecule has 3 unspecified atom stereocenters. The Labute approximate surface area is 205 Å². The number of thiazole rings is 1. The van der Waals surface area contributed by atoms with Crippen molar-refractivity contribution in [2.75, 3.05) is 19.8 Å². The van der Waals surface area contributed by atoms with Crippen LogP contribution in [0.15, 0.2) is 29.8 Å². The Morgan fingerprint density at radius 1 is 1.18 bits per heavy atom. The van der Waals surface area contributed by atoms with Crippen molar-refractivity contribution in [3.05, 3.63) is 41.0 Å². The average Bonchev–Trinajstić information content (AvgIpc) is 3.22. The van der Waals surface area contributed by atoms with Crippen molar-refractivity contribution in [2.45, 2.75) is 59.7 Å². The lowest BCUT2D eigenvalue weighted by atomic mass is 9.85. The third-order valence-electron chi connectivity index (χ3n) is 5.95. The smallest absolute Gasteiger partial charge is 0.246 e. The predicted molar refractivity (Wildman–Crippen MR) is 132 cm³/mol. The lowest BCUT2D eigenvalue weighted by Crippen LogP contribution is -2.62. The first-order valence-electron chi connectivity index (χ1n) is 11.4. The molecule has 1 aromatic carbocycles. The molecule has 184 valence electrons. The van der Waals surface area contributed by atoms with Crippen LogP contribution in [0.25, 0.3) is 10.4 Å². The third-order valence-corrected chi connectivity index (χ3v) is 6.93. The molecule has 2 heterocycles. The Balaban J connectivity index is 1.72. The first-order valence-corrected chi connectivity index (χ1v) is 12.3. The van der Waals surface area contributed by atoms with Gasteiger partial charge in [-0.3, -0.25) is 14.4 Å². The van der Waals surface area contributed by atoms with E-state index in [2.05, 4.69) is 15.6 Å². The summed E-state index contributed by atoms with van der Waals surface area (Å²) in [6.07, 6.45) is 0. The van der Waals surface area contributed by atoms with E-state index in [1.807, 2.05) is 64.4 Å². The van der Waals surface area contributed by atoms with Gasteiger partial charge in [0.25, 0.3) is 0 Å². The van der Waals surface area contributed by atoms with Crippen molar-refractivity contribution in [1.29, 1.82) is 0 Å². The van der Waals surface area contributed by atoms with Gasteiger partial charge in [-0.2, -0.15) is 0 Å². The number of ether oxygens (including phenoxy) is 1. The second-order valence-corrected chi connectivity index (χ2v) is 10.6. The quantitative estimate of drug-likeness (QED) is 0.654. The number of nitrogens with zero attached hydrogens (tertiary/aromatic N) is 2. The van der Waals surface area contributed by atoms with Gasteiger partial charge in [-0.1, -0.05) is 45.0 Å². The molecule has 1 fully saturated rings. The highest BCUT2D eigenvalue weighted by Crippen LogP contribution is 2.28. The Hall–Kier alpha value is -2.78. The minimum absolute atomic E-state index is 0.116. The standard InChI is InChI=1S/C25H34N4O4S/c1-15(18-7-9-19(10-8-18)21-16(2)26-14-34-21)27-23(31)20-13-33-12-11-29(20)24(32)22(25(4,5)6)28-17(3)30/h7-10,14-15,20,22H,11-13H2,1-6H3,(H,27,31)(H,28,30). The molecule has 3 amide bonds. The average molecular weight is 487 g/mol. The van der Waals surface area contributed by atoms with Crippen LogP contribution in [0, 0.1) is 12.3 Å². The SMILES string of the molecule is CC(=O)NC(C(=O)N1CCOCC1C(=O)NC(C)c1ccc(-c2scnc2C)cc1)C(C)(C)C. The summed E-state index contributed by atoms with van der Waals surface area (Å²) in [7, 11) is 0. The molecule has 0 radical (unpaired) electrons. The van der Waals surface area contributed by atoms with Crippen LogP contribution in [0.5, 0.6) is 0 Å². The van der Waals surface area contributed by atoms with Crippen LogP contribution in [0.2, 0.25) is 0 Å². The van der Waals surface area contributed by atoms with Crippen LogP contribution in [-0.2, 0) is 19.1 Å². The molecular weight excluding hydrogens is 452 g/mol. The lowest BCUT2D eigenvalue weighted by molar-refractivity contribution is -0.153. The molecule has 8 nitrogen and oxygen atoms in total. The van der Waals surface area contributed by atoms with Crippen molar-refractivity contribution in [3.63, 3.8) is 0 Å². The topological polar surface area (TPSA) is 101 Å². The van der Waals surface area contributed by atoms with E-state index in [1.54, 1.807) is 11.3 Å². The molecule has 0 saturated carbocycles. The normalized spacial score (nSPS) is 18.2. The maximum atomic E-state index is 13.4. The van der Waals surface area contributed by atoms with E-state index in [0.29, 0.717) is 13.2 Å². The number of nitrogens with one attached hydrogen (secondary N) is 2. The van der Waals surface area contributed by atoms with E-state index in [9.17, 15) is 14.4 Å². The largest absolute Gasteiger partial charge is 0.377 e. The molecule has 3 atom stereocenters. The van der Waals surface area contributed by atoms with Crippen LogP contribution >= 0.6 is 11.3 Å². The number of carbonyl (C=O) groups is 3. The minimum atomic E-state index is -0.763. The molecule has 34 heavy (non-hydrogen) atoms. The predicted octanol–water partition coefficient (Wildman–Crippen LogP) is 3.07. The zero-order valence-electron chi connectivity index (χ0n) is 20.7. The monoisotopic (exact) mass is 486 g/mol. The van der Waals surface area contributed by atoms with Crippen molar-refractivity contribution in [2.24, 2.45) is 5.41 Å². The second kappa shape index (κ2) is 10.7. The zero-order valence-corrected chi connectivity index (χ0v) is 21.5. The highest BCUT2D eigenvalue weighted by Gasteiger charge is 2.41. The van der Waals surface area contributed by atoms with Gasteiger partial charge >= 0.3 is 0 Å². The van der Waals surface area contributed by atoms with Crippen molar-refractivity contribution in [3.8, 4) is 10.4 Å². The fourth-order valence-corrected chi connectivity index (χ4v) is 4.81. The van der Waals surface area contributed by atoms with Gasteiger partial charge in [0.2, 0.25) is 17.7 Å². The van der Waals surface area contributed by atoms with Crippen molar-refractivity contribution < 1.29 is 19.1 Å². The summed E-state index contributed by atoms with van der Waals surface area (Å²) in [5.74, 6) is -0.838. The summed E-state index contributed by atoms with van der Waals surface area (Å²) in [6.45, 7) is 11.7. The van der Waals surface area contributed by atoms with Crippen LogP contribution in [-0.4, -0.2) is 59.4 Å². The van der Waals surface area contributed by atoms with Gasteiger partial charge < -0.3 is 20.3 Å². The molecule has 1 aromatic heterocycles. The molecule has 0 spiro atoms. The van der Waals surface area contributed by atoms with Gasteiger partial charge in [-0.05, 0) is 30.4 Å². The summed E-state index contributed by atoms with van der Waals surface area (Å²) in [5, 5.41) is 5.78. The van der Waals surface area contributed by atoms with Gasteiger partial charge in [-0.15, -0.1) is 11.3 Å². The molecule has 0 aliphatic carbocycles. The molecule has 1 aliphatic heterocycles. The summed E-state index contributed by atoms with van der Waals surface area (Å²) in [6, 6.07) is 6.29. The molecule has 9 heteroatoms. The maximum absolute atomic E-state index is 13.4. The second-order valence-electron chi connectivity index (χ2n) is 9.74. The van der Waals surface area contributed by atoms with Gasteiger partial charge in [0.15, 0.2) is 0 Å². The van der Waals surface area contributed by atoms with E-state index < -0.39 is 17.5 Å². The molecule has 0 bridgehead atoms. The highest BCUT2D eigenvalue weighted by molar-refractivity contribution is 7.13. The lowest BCUT2D eigenvalue weighted by Gasteiger charge is -2.40. The number of hydrogen-bond acceptors (Lipinski definition) is 6. The van der Waals surface area contributed by atoms with Crippen LogP contribution in [0.4, 0.5) is 0 Å². The Kier molecular flexibility index (Phi) is 8.09. The summed E-state index contributed by atoms with van der Waals surface area (Å²) in [4.78, 5) is 45.3. The number of benzene rings is 1. The van der Waals surface area contributed by atoms with Crippen LogP contribution < -0.4 is 10.6 Å². The fraction of sp³-hybridized carbons (Fsp3) is 0.520. The number of aromatic nitrogens is 1. The molecule has 1 saturated heterocycles. The first kappa shape index (κ1) is 25.8. The fourth-order valence-electron chi connectivity index (χ4n) is 4.00. The summed E-state index contributed by atoms with van der Waals surface area (Å²) < 4.78 is 5.54. The van der Waals surface area contributed by atoms with E-state index in [1.165, 1.54) is 11.8 Å². The Morgan fingerprint density at radius 2 is 1.85 bits per heavy atom. The summed E-state index contributed by atoms with van der Waals surface area (Å²) >= 11 is 1.60. The minimum Gasteiger partial charge on any atom is -0.377 e. The Bertz CT molecular complexity index is 1030. The molecule has 3 rings (SSSR count). The number of morpholine rings is 1. The van der Waals surface area contributed by atoms with Crippen LogP contribution in [0.3, 0.4) is 0 Å². The summed E-state index contributed by atoms with van der Waals surface area (Å²) in [5.41, 5.74) is 4.37. The van der Waals surface area contributed by atoms with Gasteiger partial charge in [0.05, 0.1) is 35.3 Å². The maximum Gasteiger partial charge on any atom is 0.246 e. The van der Waals surface area contributed by atoms with E-state index >= 15 is 0 Å². The van der Waals surface area contributed by atoms with Crippen LogP contribution in [0.1, 0.15) is 51.9 Å². The number of aryl methyl sites for hydroxylation is 1. The molecule has 1 aliphatic rings. The van der Waals surface area contributed by atoms with E-state index in [-0.39, 0.29) is 30.4 Å². The van der Waals surface area contributed by atoms with Gasteiger partial charge in [-0.25, -0.2) is 4.98 Å². The van der Waals surface area contributed by atoms with Crippen molar-refractivity contribution >= 4 is 29.1 Å². The number of carbonyl (C=O) groups excluding carboxylic acids is 3. The third kappa shape index (κ3) is 6.01. The molecule has 2 aromatic rings. The van der Waals surface area contributed by atoms with E-state index in [0.717, 1.165) is 21.7 Å².